The molecule has 1 amide bonds. The minimum absolute atomic E-state index is 0.173. The average molecular weight is 300 g/mol. The minimum Gasteiger partial charge on any atom is -0.320 e. The summed E-state index contributed by atoms with van der Waals surface area (Å²) in [4.78, 5) is 16.0. The first-order chi connectivity index (χ1) is 8.04. The smallest absolute Gasteiger partial charge is 0.242 e. The highest BCUT2D eigenvalue weighted by Crippen LogP contribution is 2.16. The molecule has 0 spiro atoms. The van der Waals surface area contributed by atoms with Crippen molar-refractivity contribution in [3.05, 3.63) is 22.3 Å². The normalized spacial score (nSPS) is 12.2. The Morgan fingerprint density at radius 1 is 1.59 bits per heavy atom. The topological polar surface area (TPSA) is 68.0 Å². The van der Waals surface area contributed by atoms with E-state index in [-0.39, 0.29) is 5.91 Å². The van der Waals surface area contributed by atoms with Crippen LogP contribution in [0.5, 0.6) is 0 Å². The van der Waals surface area contributed by atoms with Gasteiger partial charge in [-0.1, -0.05) is 19.8 Å². The molecule has 1 unspecified atom stereocenters. The lowest BCUT2D eigenvalue weighted by molar-refractivity contribution is -0.117. The Labute approximate surface area is 110 Å². The maximum Gasteiger partial charge on any atom is 0.242 e. The zero-order valence-electron chi connectivity index (χ0n) is 10.2. The van der Waals surface area contributed by atoms with Gasteiger partial charge < -0.3 is 11.1 Å². The van der Waals surface area contributed by atoms with Gasteiger partial charge in [-0.2, -0.15) is 0 Å². The number of carbonyl (C=O) groups is 1. The van der Waals surface area contributed by atoms with E-state index in [9.17, 15) is 4.79 Å². The summed E-state index contributed by atoms with van der Waals surface area (Å²) in [5.41, 5.74) is 6.61. The molecule has 1 aromatic heterocycles. The quantitative estimate of drug-likeness (QED) is 0.878. The number of hydrogen-bond donors (Lipinski definition) is 2. The van der Waals surface area contributed by atoms with E-state index in [2.05, 4.69) is 33.2 Å². The Morgan fingerprint density at radius 3 is 2.88 bits per heavy atom. The average Bonchev–Trinajstić information content (AvgIpc) is 2.30. The molecule has 0 saturated carbocycles. The third kappa shape index (κ3) is 4.44. The number of carbonyl (C=O) groups excluding carboxylic acids is 1. The number of halogens is 1. The minimum atomic E-state index is -0.458. The number of amides is 1. The van der Waals surface area contributed by atoms with Crippen molar-refractivity contribution in [2.45, 2.75) is 39.2 Å². The Hall–Kier alpha value is -0.940. The van der Waals surface area contributed by atoms with E-state index in [4.69, 9.17) is 5.73 Å². The largest absolute Gasteiger partial charge is 0.320 e. The number of aromatic nitrogens is 1. The Morgan fingerprint density at radius 2 is 2.29 bits per heavy atom. The third-order valence-electron chi connectivity index (χ3n) is 2.48. The van der Waals surface area contributed by atoms with Gasteiger partial charge in [-0.05, 0) is 41.4 Å². The number of aryl methyl sites for hydroxylation is 1. The third-order valence-corrected chi connectivity index (χ3v) is 3.32. The molecule has 17 heavy (non-hydrogen) atoms. The number of nitrogens with one attached hydrogen (secondary N) is 1. The van der Waals surface area contributed by atoms with Crippen LogP contribution in [-0.2, 0) is 4.79 Å². The van der Waals surface area contributed by atoms with Crippen molar-refractivity contribution in [2.24, 2.45) is 5.73 Å². The molecule has 0 aromatic carbocycles. The van der Waals surface area contributed by atoms with Crippen molar-refractivity contribution < 1.29 is 4.79 Å². The Balaban J connectivity index is 2.58. The lowest BCUT2D eigenvalue weighted by atomic mass is 10.1. The Kier molecular flexibility index (Phi) is 5.58. The van der Waals surface area contributed by atoms with Crippen LogP contribution in [0.4, 0.5) is 5.82 Å². The van der Waals surface area contributed by atoms with Crippen LogP contribution in [-0.4, -0.2) is 16.9 Å². The highest BCUT2D eigenvalue weighted by molar-refractivity contribution is 9.10. The number of rotatable bonds is 5. The fourth-order valence-corrected chi connectivity index (χ4v) is 1.61. The fraction of sp³-hybridized carbons (Fsp3) is 0.500. The molecular weight excluding hydrogens is 282 g/mol. The lowest BCUT2D eigenvalue weighted by Crippen LogP contribution is -2.35. The van der Waals surface area contributed by atoms with Gasteiger partial charge in [0, 0.05) is 4.47 Å². The monoisotopic (exact) mass is 299 g/mol. The number of hydrogen-bond acceptors (Lipinski definition) is 3. The standard InChI is InChI=1S/C12H18BrN3O/c1-3-4-5-10(14)12(17)16-11-7-6-9(13)8(2)15-11/h6-7,10H,3-5,14H2,1-2H3,(H,15,16,17). The molecule has 0 aliphatic carbocycles. The molecular formula is C12H18BrN3O. The predicted molar refractivity (Wildman–Crippen MR) is 72.8 cm³/mol. The molecule has 1 atom stereocenters. The summed E-state index contributed by atoms with van der Waals surface area (Å²) in [7, 11) is 0. The van der Waals surface area contributed by atoms with Crippen LogP contribution in [0.3, 0.4) is 0 Å². The summed E-state index contributed by atoms with van der Waals surface area (Å²) >= 11 is 3.36. The maximum absolute atomic E-state index is 11.7. The van der Waals surface area contributed by atoms with Crippen molar-refractivity contribution in [3.63, 3.8) is 0 Å². The molecule has 0 bridgehead atoms. The van der Waals surface area contributed by atoms with Crippen LogP contribution < -0.4 is 11.1 Å². The Bertz CT molecular complexity index is 395. The van der Waals surface area contributed by atoms with E-state index < -0.39 is 6.04 Å². The van der Waals surface area contributed by atoms with Gasteiger partial charge in [0.05, 0.1) is 11.7 Å². The van der Waals surface area contributed by atoms with Crippen LogP contribution in [0.2, 0.25) is 0 Å². The summed E-state index contributed by atoms with van der Waals surface area (Å²) in [5.74, 6) is 0.371. The summed E-state index contributed by atoms with van der Waals surface area (Å²) in [6.07, 6.45) is 2.70. The molecule has 1 aromatic rings. The molecule has 0 fully saturated rings. The molecule has 0 radical (unpaired) electrons. The second-order valence-electron chi connectivity index (χ2n) is 4.00. The summed E-state index contributed by atoms with van der Waals surface area (Å²) in [5, 5.41) is 2.72. The summed E-state index contributed by atoms with van der Waals surface area (Å²) in [6.45, 7) is 3.95. The van der Waals surface area contributed by atoms with E-state index in [1.807, 2.05) is 13.0 Å². The van der Waals surface area contributed by atoms with Crippen molar-refractivity contribution in [1.29, 1.82) is 0 Å². The van der Waals surface area contributed by atoms with E-state index >= 15 is 0 Å². The molecule has 4 nitrogen and oxygen atoms in total. The highest BCUT2D eigenvalue weighted by Gasteiger charge is 2.13. The van der Waals surface area contributed by atoms with Crippen molar-refractivity contribution >= 4 is 27.7 Å². The van der Waals surface area contributed by atoms with Crippen molar-refractivity contribution in [3.8, 4) is 0 Å². The maximum atomic E-state index is 11.7. The number of nitrogens with zero attached hydrogens (tertiary/aromatic N) is 1. The predicted octanol–water partition coefficient (Wildman–Crippen LogP) is 2.61. The van der Waals surface area contributed by atoms with Gasteiger partial charge in [0.1, 0.15) is 5.82 Å². The summed E-state index contributed by atoms with van der Waals surface area (Å²) < 4.78 is 0.922. The number of anilines is 1. The van der Waals surface area contributed by atoms with E-state index in [1.165, 1.54) is 0 Å². The van der Waals surface area contributed by atoms with Crippen molar-refractivity contribution in [1.82, 2.24) is 4.98 Å². The SMILES string of the molecule is CCCCC(N)C(=O)Nc1ccc(Br)c(C)n1. The van der Waals surface area contributed by atoms with Gasteiger partial charge in [0.25, 0.3) is 0 Å². The number of unbranched alkanes of at least 4 members (excludes halogenated alkanes) is 1. The number of pyridine rings is 1. The van der Waals surface area contributed by atoms with Crippen LogP contribution in [0.1, 0.15) is 31.9 Å². The lowest BCUT2D eigenvalue weighted by Gasteiger charge is -2.11. The first-order valence-electron chi connectivity index (χ1n) is 5.74. The highest BCUT2D eigenvalue weighted by atomic mass is 79.9. The van der Waals surface area contributed by atoms with Gasteiger partial charge in [-0.25, -0.2) is 4.98 Å². The second-order valence-corrected chi connectivity index (χ2v) is 4.86. The fourth-order valence-electron chi connectivity index (χ4n) is 1.39. The summed E-state index contributed by atoms with van der Waals surface area (Å²) in [6, 6.07) is 3.15. The second kappa shape index (κ2) is 6.71. The molecule has 5 heteroatoms. The van der Waals surface area contributed by atoms with Crippen LogP contribution in [0.15, 0.2) is 16.6 Å². The van der Waals surface area contributed by atoms with Crippen LogP contribution >= 0.6 is 15.9 Å². The van der Waals surface area contributed by atoms with Gasteiger partial charge in [-0.15, -0.1) is 0 Å². The first kappa shape index (κ1) is 14.1. The van der Waals surface area contributed by atoms with E-state index in [1.54, 1.807) is 6.07 Å². The molecule has 94 valence electrons. The van der Waals surface area contributed by atoms with E-state index in [0.29, 0.717) is 12.2 Å². The van der Waals surface area contributed by atoms with E-state index in [0.717, 1.165) is 23.0 Å². The molecule has 1 rings (SSSR count). The molecule has 3 N–H and O–H groups in total. The van der Waals surface area contributed by atoms with Gasteiger partial charge >= 0.3 is 0 Å². The zero-order valence-corrected chi connectivity index (χ0v) is 11.8. The molecule has 0 aliphatic rings. The zero-order chi connectivity index (χ0) is 12.8. The van der Waals surface area contributed by atoms with Crippen LogP contribution in [0.25, 0.3) is 0 Å². The molecule has 0 aliphatic heterocycles. The van der Waals surface area contributed by atoms with Crippen LogP contribution in [0, 0.1) is 6.92 Å². The molecule has 0 saturated heterocycles. The van der Waals surface area contributed by atoms with Crippen molar-refractivity contribution in [2.75, 3.05) is 5.32 Å². The van der Waals surface area contributed by atoms with Gasteiger partial charge in [-0.3, -0.25) is 4.79 Å². The molecule has 1 heterocycles. The van der Waals surface area contributed by atoms with Gasteiger partial charge in [0.2, 0.25) is 5.91 Å². The first-order valence-corrected chi connectivity index (χ1v) is 6.53. The van der Waals surface area contributed by atoms with Gasteiger partial charge in [0.15, 0.2) is 0 Å². The number of nitrogens with two attached hydrogens (primary N) is 1.